The molecule has 1 saturated heterocycles. The van der Waals surface area contributed by atoms with Gasteiger partial charge in [0.25, 0.3) is 0 Å². The molecule has 1 aromatic rings. The monoisotopic (exact) mass is 404 g/mol. The molecule has 7 heteroatoms. The summed E-state index contributed by atoms with van der Waals surface area (Å²) >= 11 is 0. The Kier molecular flexibility index (Phi) is 6.90. The molecule has 6 nitrogen and oxygen atoms in total. The number of amides is 2. The third kappa shape index (κ3) is 5.34. The van der Waals surface area contributed by atoms with Gasteiger partial charge in [-0.1, -0.05) is 18.2 Å². The van der Waals surface area contributed by atoms with Crippen LogP contribution in [-0.4, -0.2) is 73.3 Å². The van der Waals surface area contributed by atoms with Crippen LogP contribution in [0.3, 0.4) is 0 Å². The van der Waals surface area contributed by atoms with Crippen molar-refractivity contribution in [1.29, 1.82) is 0 Å². The molecule has 0 bridgehead atoms. The molecule has 0 radical (unpaired) electrons. The normalized spacial score (nSPS) is 21.2. The molecule has 1 atom stereocenters. The Hall–Kier alpha value is -1.99. The van der Waals surface area contributed by atoms with E-state index >= 15 is 0 Å². The smallest absolute Gasteiger partial charge is 0.238 e. The molecular formula is C22H33FN4O2. The van der Waals surface area contributed by atoms with E-state index in [1.165, 1.54) is 6.07 Å². The van der Waals surface area contributed by atoms with Crippen LogP contribution in [0.2, 0.25) is 0 Å². The van der Waals surface area contributed by atoms with Gasteiger partial charge in [-0.05, 0) is 58.3 Å². The Labute approximate surface area is 172 Å². The van der Waals surface area contributed by atoms with Gasteiger partial charge >= 0.3 is 0 Å². The van der Waals surface area contributed by atoms with Gasteiger partial charge in [0.2, 0.25) is 11.8 Å². The predicted octanol–water partition coefficient (Wildman–Crippen LogP) is 1.69. The van der Waals surface area contributed by atoms with E-state index in [4.69, 9.17) is 5.73 Å². The van der Waals surface area contributed by atoms with Gasteiger partial charge in [0, 0.05) is 38.3 Å². The second kappa shape index (κ2) is 9.22. The van der Waals surface area contributed by atoms with Gasteiger partial charge in [-0.15, -0.1) is 0 Å². The van der Waals surface area contributed by atoms with E-state index in [0.717, 1.165) is 32.5 Å². The number of likely N-dealkylation sites (tertiary alicyclic amines) is 1. The van der Waals surface area contributed by atoms with Crippen molar-refractivity contribution < 1.29 is 14.0 Å². The summed E-state index contributed by atoms with van der Waals surface area (Å²) < 4.78 is 14.0. The fourth-order valence-corrected chi connectivity index (χ4v) is 4.21. The number of primary amides is 1. The number of carbonyl (C=O) groups is 2. The zero-order valence-corrected chi connectivity index (χ0v) is 17.6. The van der Waals surface area contributed by atoms with E-state index in [9.17, 15) is 14.0 Å². The molecule has 1 heterocycles. The van der Waals surface area contributed by atoms with E-state index in [0.29, 0.717) is 44.0 Å². The summed E-state index contributed by atoms with van der Waals surface area (Å²) in [6, 6.07) is 6.89. The number of carbonyl (C=O) groups excluding carboxylic acids is 2. The number of benzene rings is 1. The zero-order valence-electron chi connectivity index (χ0n) is 17.6. The lowest BCUT2D eigenvalue weighted by atomic mass is 9.95. The van der Waals surface area contributed by atoms with Crippen molar-refractivity contribution in [1.82, 2.24) is 14.7 Å². The molecule has 29 heavy (non-hydrogen) atoms. The first-order chi connectivity index (χ1) is 13.8. The lowest BCUT2D eigenvalue weighted by molar-refractivity contribution is -0.143. The average molecular weight is 405 g/mol. The molecule has 2 aliphatic rings. The minimum atomic E-state index is -0.978. The van der Waals surface area contributed by atoms with Gasteiger partial charge in [-0.2, -0.15) is 0 Å². The van der Waals surface area contributed by atoms with E-state index in [2.05, 4.69) is 4.90 Å². The molecule has 2 N–H and O–H groups in total. The minimum absolute atomic E-state index is 0.113. The first kappa shape index (κ1) is 21.7. The third-order valence-corrected chi connectivity index (χ3v) is 6.17. The maximum Gasteiger partial charge on any atom is 0.238 e. The maximum atomic E-state index is 14.0. The van der Waals surface area contributed by atoms with Gasteiger partial charge in [0.15, 0.2) is 0 Å². The number of nitrogens with zero attached hydrogens (tertiary/aromatic N) is 3. The second-order valence-electron chi connectivity index (χ2n) is 8.84. The number of halogens is 1. The Morgan fingerprint density at radius 1 is 1.24 bits per heavy atom. The SMILES string of the molecule is CN(C)CCN(C[C@H]1CCCN(Cc2ccccc2F)C1)C(=O)C1(C(N)=O)CC1. The van der Waals surface area contributed by atoms with E-state index in [1.807, 2.05) is 36.0 Å². The second-order valence-corrected chi connectivity index (χ2v) is 8.84. The molecule has 1 saturated carbocycles. The highest BCUT2D eigenvalue weighted by molar-refractivity contribution is 6.07. The van der Waals surface area contributed by atoms with E-state index < -0.39 is 11.3 Å². The number of rotatable bonds is 9. The quantitative estimate of drug-likeness (QED) is 0.636. The maximum absolute atomic E-state index is 14.0. The summed E-state index contributed by atoms with van der Waals surface area (Å²) in [6.45, 7) is 4.29. The molecule has 1 aliphatic carbocycles. The molecule has 2 amide bonds. The van der Waals surface area contributed by atoms with Gasteiger partial charge in [-0.25, -0.2) is 4.39 Å². The molecule has 0 spiro atoms. The molecule has 0 aromatic heterocycles. The van der Waals surface area contributed by atoms with Crippen LogP contribution in [0.25, 0.3) is 0 Å². The summed E-state index contributed by atoms with van der Waals surface area (Å²) in [7, 11) is 3.95. The zero-order chi connectivity index (χ0) is 21.0. The van der Waals surface area contributed by atoms with Crippen molar-refractivity contribution in [3.05, 3.63) is 35.6 Å². The summed E-state index contributed by atoms with van der Waals surface area (Å²) in [6.07, 6.45) is 3.17. The predicted molar refractivity (Wildman–Crippen MR) is 110 cm³/mol. The molecule has 0 unspecified atom stereocenters. The van der Waals surface area contributed by atoms with Crippen LogP contribution < -0.4 is 5.73 Å². The minimum Gasteiger partial charge on any atom is -0.369 e. The van der Waals surface area contributed by atoms with Crippen LogP contribution in [0.4, 0.5) is 4.39 Å². The third-order valence-electron chi connectivity index (χ3n) is 6.17. The topological polar surface area (TPSA) is 69.9 Å². The summed E-state index contributed by atoms with van der Waals surface area (Å²) in [5.41, 5.74) is 5.27. The number of piperidine rings is 1. The molecule has 3 rings (SSSR count). The standard InChI is InChI=1S/C22H33FN4O2/c1-25(2)12-13-27(21(29)22(9-10-22)20(24)28)15-17-6-5-11-26(14-17)16-18-7-3-4-8-19(18)23/h3-4,7-8,17H,5-6,9-16H2,1-2H3,(H2,24,28)/t17-/m0/s1. The Bertz CT molecular complexity index is 735. The summed E-state index contributed by atoms with van der Waals surface area (Å²) in [4.78, 5) is 31.1. The highest BCUT2D eigenvalue weighted by Gasteiger charge is 2.57. The first-order valence-electron chi connectivity index (χ1n) is 10.5. The van der Waals surface area contributed by atoms with Crippen molar-refractivity contribution >= 4 is 11.8 Å². The van der Waals surface area contributed by atoms with E-state index in [-0.39, 0.29) is 11.7 Å². The largest absolute Gasteiger partial charge is 0.369 e. The van der Waals surface area contributed by atoms with Crippen LogP contribution in [0.1, 0.15) is 31.2 Å². The van der Waals surface area contributed by atoms with Crippen LogP contribution in [0.5, 0.6) is 0 Å². The lowest BCUT2D eigenvalue weighted by Crippen LogP contribution is -2.49. The Balaban J connectivity index is 1.64. The van der Waals surface area contributed by atoms with Crippen molar-refractivity contribution in [2.45, 2.75) is 32.2 Å². The first-order valence-corrected chi connectivity index (χ1v) is 10.5. The lowest BCUT2D eigenvalue weighted by Gasteiger charge is -2.37. The van der Waals surface area contributed by atoms with Gasteiger partial charge in [-0.3, -0.25) is 14.5 Å². The van der Waals surface area contributed by atoms with Crippen LogP contribution in [0.15, 0.2) is 24.3 Å². The van der Waals surface area contributed by atoms with E-state index in [1.54, 1.807) is 6.07 Å². The van der Waals surface area contributed by atoms with Crippen LogP contribution in [-0.2, 0) is 16.1 Å². The molecular weight excluding hydrogens is 371 g/mol. The number of hydrogen-bond acceptors (Lipinski definition) is 4. The van der Waals surface area contributed by atoms with Crippen molar-refractivity contribution in [2.75, 3.05) is 46.8 Å². The van der Waals surface area contributed by atoms with Gasteiger partial charge < -0.3 is 15.5 Å². The van der Waals surface area contributed by atoms with Crippen molar-refractivity contribution in [3.63, 3.8) is 0 Å². The molecule has 160 valence electrons. The van der Waals surface area contributed by atoms with Gasteiger partial charge in [0.1, 0.15) is 11.2 Å². The van der Waals surface area contributed by atoms with Crippen molar-refractivity contribution in [2.24, 2.45) is 17.1 Å². The molecule has 1 aliphatic heterocycles. The average Bonchev–Trinajstić information content (AvgIpc) is 3.49. The van der Waals surface area contributed by atoms with Crippen LogP contribution in [0, 0.1) is 17.2 Å². The van der Waals surface area contributed by atoms with Crippen LogP contribution >= 0.6 is 0 Å². The number of likely N-dealkylation sites (N-methyl/N-ethyl adjacent to an activating group) is 1. The number of nitrogens with two attached hydrogens (primary N) is 1. The van der Waals surface area contributed by atoms with Gasteiger partial charge in [0.05, 0.1) is 0 Å². The summed E-state index contributed by atoms with van der Waals surface area (Å²) in [5, 5.41) is 0. The number of hydrogen-bond donors (Lipinski definition) is 1. The fraction of sp³-hybridized carbons (Fsp3) is 0.636. The summed E-state index contributed by atoms with van der Waals surface area (Å²) in [5.74, 6) is -0.472. The fourth-order valence-electron chi connectivity index (χ4n) is 4.21. The highest BCUT2D eigenvalue weighted by atomic mass is 19.1. The highest BCUT2D eigenvalue weighted by Crippen LogP contribution is 2.47. The molecule has 1 aromatic carbocycles. The van der Waals surface area contributed by atoms with Crippen molar-refractivity contribution in [3.8, 4) is 0 Å². The Morgan fingerprint density at radius 3 is 2.59 bits per heavy atom. The molecule has 2 fully saturated rings. The Morgan fingerprint density at radius 2 is 1.97 bits per heavy atom.